The van der Waals surface area contributed by atoms with Gasteiger partial charge in [-0.1, -0.05) is 0 Å². The number of ketones is 3. The van der Waals surface area contributed by atoms with E-state index in [1.807, 2.05) is 54.6 Å². The Morgan fingerprint density at radius 1 is 0.441 bits per heavy atom. The van der Waals surface area contributed by atoms with Gasteiger partial charge in [-0.3, -0.25) is 14.4 Å². The molecule has 9 N–H and O–H groups in total. The Labute approximate surface area is 535 Å². The average Bonchev–Trinajstić information content (AvgIpc) is 1.90. The molecule has 0 saturated heterocycles. The van der Waals surface area contributed by atoms with Crippen LogP contribution in [0.1, 0.15) is 147 Å². The molecule has 0 bridgehead atoms. The fourth-order valence-electron chi connectivity index (χ4n) is 12.2. The van der Waals surface area contributed by atoms with Gasteiger partial charge in [0.2, 0.25) is 17.6 Å². The molecule has 9 aromatic rings. The van der Waals surface area contributed by atoms with E-state index in [0.717, 1.165) is 94.1 Å². The first kappa shape index (κ1) is 62.2. The van der Waals surface area contributed by atoms with Crippen LogP contribution in [0, 0.1) is 17.8 Å². The molecule has 6 aliphatic carbocycles. The van der Waals surface area contributed by atoms with Crippen molar-refractivity contribution in [1.82, 2.24) is 58.7 Å². The fourth-order valence-corrected chi connectivity index (χ4v) is 12.2. The number of ether oxygens (including phenoxy) is 3. The van der Waals surface area contributed by atoms with Gasteiger partial charge in [0.15, 0.2) is 34.3 Å². The van der Waals surface area contributed by atoms with Crippen molar-refractivity contribution in [3.8, 4) is 17.6 Å². The van der Waals surface area contributed by atoms with E-state index in [0.29, 0.717) is 125 Å². The van der Waals surface area contributed by atoms with Gasteiger partial charge in [-0.05, 0) is 150 Å². The highest BCUT2D eigenvalue weighted by Crippen LogP contribution is 2.38. The summed E-state index contributed by atoms with van der Waals surface area (Å²) in [6.45, 7) is 0. The molecule has 6 aliphatic rings. The van der Waals surface area contributed by atoms with Gasteiger partial charge in [0.05, 0.1) is 53.6 Å². The lowest BCUT2D eigenvalue weighted by Gasteiger charge is -2.13. The van der Waals surface area contributed by atoms with E-state index in [9.17, 15) is 29.7 Å². The monoisotopic (exact) mass is 1270 g/mol. The summed E-state index contributed by atoms with van der Waals surface area (Å²) in [5.74, 6) is 6.07. The Kier molecular flexibility index (Phi) is 18.5. The molecule has 0 aromatic carbocycles. The largest absolute Gasteiger partial charge is 0.473 e. The van der Waals surface area contributed by atoms with E-state index < -0.39 is 0 Å². The Morgan fingerprint density at radius 3 is 0.978 bits per heavy atom. The van der Waals surface area contributed by atoms with Crippen molar-refractivity contribution in [2.45, 2.75) is 152 Å². The standard InChI is InChI=1S/3C22H26N6O3/c3*1-23-20-11-19(26-17-3-2-8-24-22(17)31-15-6-7-15)27-21-16(12-25-28(20)21)18(30)10-13-4-5-14(29)9-13/h3*2-3,8,11-15,23,29H,4-7,9-10H2,1H3,(H,26,27)/t2*13?,14-;13-,14-/m001/s1. The molecule has 0 spiro atoms. The van der Waals surface area contributed by atoms with Gasteiger partial charge in [-0.15, -0.1) is 0 Å². The summed E-state index contributed by atoms with van der Waals surface area (Å²) in [6, 6.07) is 16.7. The molecular weight excluding hydrogens is 1190 g/mol. The maximum atomic E-state index is 13.0. The predicted molar refractivity (Wildman–Crippen MR) is 348 cm³/mol. The van der Waals surface area contributed by atoms with Crippen LogP contribution in [0.25, 0.3) is 16.9 Å². The molecule has 6 fully saturated rings. The maximum Gasteiger partial charge on any atom is 0.238 e. The van der Waals surface area contributed by atoms with Crippen LogP contribution in [0.15, 0.2) is 91.8 Å². The molecule has 15 rings (SSSR count). The van der Waals surface area contributed by atoms with Crippen LogP contribution >= 0.6 is 0 Å². The highest BCUT2D eigenvalue weighted by molar-refractivity contribution is 6.03. The SMILES string of the molecule is CNc1cc(Nc2cccnc2OC2CC2)nc2c(C(=O)CC3CC[C@H](O)C3)cnn12.CNc1cc(Nc2cccnc2OC2CC2)nc2c(C(=O)CC3CC[C@H](O)C3)cnn12.CNc1cc(Nc2cccnc2OC2CC2)nc2c(C(=O)C[C@@H]3CC[C@@H](O)C3)cnn12. The van der Waals surface area contributed by atoms with Crippen LogP contribution in [0.5, 0.6) is 17.6 Å². The summed E-state index contributed by atoms with van der Waals surface area (Å²) < 4.78 is 22.6. The van der Waals surface area contributed by atoms with E-state index in [-0.39, 0.29) is 71.7 Å². The third-order valence-corrected chi connectivity index (χ3v) is 17.6. The average molecular weight is 1270 g/mol. The second-order valence-electron chi connectivity index (χ2n) is 25.0. The third kappa shape index (κ3) is 15.0. The molecule has 27 nitrogen and oxygen atoms in total. The van der Waals surface area contributed by atoms with E-state index in [2.05, 4.69) is 77.1 Å². The van der Waals surface area contributed by atoms with Crippen LogP contribution in [-0.2, 0) is 0 Å². The van der Waals surface area contributed by atoms with E-state index in [1.54, 1.807) is 71.9 Å². The van der Waals surface area contributed by atoms with Gasteiger partial charge >= 0.3 is 0 Å². The van der Waals surface area contributed by atoms with Crippen LogP contribution in [0.2, 0.25) is 0 Å². The zero-order chi connectivity index (χ0) is 64.1. The van der Waals surface area contributed by atoms with Gasteiger partial charge in [0.25, 0.3) is 0 Å². The molecule has 9 aromatic heterocycles. The fraction of sp³-hybridized carbons (Fsp3) is 0.455. The van der Waals surface area contributed by atoms with Crippen LogP contribution in [0.3, 0.4) is 0 Å². The number of fused-ring (bicyclic) bond motifs is 3. The number of aliphatic hydroxyl groups excluding tert-OH is 3. The number of aromatic nitrogens is 12. The first-order valence-electron chi connectivity index (χ1n) is 32.3. The van der Waals surface area contributed by atoms with Crippen molar-refractivity contribution in [3.05, 3.63) is 108 Å². The van der Waals surface area contributed by atoms with E-state index in [4.69, 9.17) is 14.2 Å². The summed E-state index contributed by atoms with van der Waals surface area (Å²) in [4.78, 5) is 66.0. The van der Waals surface area contributed by atoms with Gasteiger partial charge in [0.1, 0.15) is 70.3 Å². The maximum absolute atomic E-state index is 13.0. The van der Waals surface area contributed by atoms with Crippen molar-refractivity contribution in [1.29, 1.82) is 0 Å². The molecule has 93 heavy (non-hydrogen) atoms. The lowest BCUT2D eigenvalue weighted by atomic mass is 9.98. The molecule has 9 heterocycles. The molecule has 0 radical (unpaired) electrons. The highest BCUT2D eigenvalue weighted by Gasteiger charge is 2.32. The molecule has 27 heteroatoms. The van der Waals surface area contributed by atoms with Crippen LogP contribution in [-0.4, -0.2) is 149 Å². The minimum atomic E-state index is -0.293. The molecule has 6 saturated carbocycles. The third-order valence-electron chi connectivity index (χ3n) is 17.6. The number of anilines is 9. The Morgan fingerprint density at radius 2 is 0.731 bits per heavy atom. The van der Waals surface area contributed by atoms with Gasteiger partial charge < -0.3 is 61.4 Å². The van der Waals surface area contributed by atoms with Crippen molar-refractivity contribution >= 4 is 86.3 Å². The van der Waals surface area contributed by atoms with Crippen molar-refractivity contribution < 1.29 is 43.9 Å². The van der Waals surface area contributed by atoms with Crippen LogP contribution in [0.4, 0.5) is 52.0 Å². The number of rotatable bonds is 24. The minimum absolute atomic E-state index is 0.0000587. The lowest BCUT2D eigenvalue weighted by molar-refractivity contribution is 0.0949. The van der Waals surface area contributed by atoms with Crippen molar-refractivity contribution in [2.75, 3.05) is 53.0 Å². The molecule has 0 aliphatic heterocycles. The lowest BCUT2D eigenvalue weighted by Crippen LogP contribution is -2.09. The van der Waals surface area contributed by atoms with Gasteiger partial charge in [-0.25, -0.2) is 29.9 Å². The number of hydrogen-bond acceptors (Lipinski definition) is 24. The zero-order valence-electron chi connectivity index (χ0n) is 52.2. The Hall–Kier alpha value is -9.60. The van der Waals surface area contributed by atoms with Crippen molar-refractivity contribution in [3.63, 3.8) is 0 Å². The molecule has 6 atom stereocenters. The Balaban J connectivity index is 0.000000127. The van der Waals surface area contributed by atoms with E-state index in [1.165, 1.54) is 0 Å². The Bertz CT molecular complexity index is 3750. The van der Waals surface area contributed by atoms with Crippen LogP contribution < -0.4 is 46.1 Å². The number of hydrogen-bond donors (Lipinski definition) is 9. The quantitative estimate of drug-likeness (QED) is 0.0254. The molecule has 486 valence electrons. The highest BCUT2D eigenvalue weighted by atomic mass is 16.5. The van der Waals surface area contributed by atoms with Crippen molar-refractivity contribution in [2.24, 2.45) is 17.8 Å². The number of Topliss-reactive ketones (excluding diaryl/α,β-unsaturated/α-hetero) is 3. The first-order chi connectivity index (χ1) is 45.3. The second kappa shape index (κ2) is 27.7. The number of carbonyl (C=O) groups is 3. The number of nitrogens with one attached hydrogen (secondary N) is 6. The molecular formula is C66H78N18O9. The number of carbonyl (C=O) groups excluding carboxylic acids is 3. The summed E-state index contributed by atoms with van der Waals surface area (Å²) in [5.41, 5.74) is 5.11. The number of nitrogens with zero attached hydrogens (tertiary/aromatic N) is 12. The topological polar surface area (TPSA) is 341 Å². The molecule has 0 amide bonds. The summed E-state index contributed by atoms with van der Waals surface area (Å²) in [6.07, 6.45) is 24.0. The second-order valence-corrected chi connectivity index (χ2v) is 25.0. The smallest absolute Gasteiger partial charge is 0.238 e. The zero-order valence-corrected chi connectivity index (χ0v) is 52.2. The summed E-state index contributed by atoms with van der Waals surface area (Å²) in [7, 11) is 5.40. The summed E-state index contributed by atoms with van der Waals surface area (Å²) in [5, 5.41) is 61.6. The summed E-state index contributed by atoms with van der Waals surface area (Å²) >= 11 is 0. The van der Waals surface area contributed by atoms with Gasteiger partial charge in [0, 0.05) is 77.2 Å². The first-order valence-corrected chi connectivity index (χ1v) is 32.3. The number of pyridine rings is 3. The normalized spacial score (nSPS) is 20.7. The van der Waals surface area contributed by atoms with Gasteiger partial charge in [-0.2, -0.15) is 28.8 Å². The van der Waals surface area contributed by atoms with E-state index >= 15 is 0 Å². The molecule has 2 unspecified atom stereocenters. The predicted octanol–water partition coefficient (Wildman–Crippen LogP) is 9.55. The number of aliphatic hydroxyl groups is 3. The minimum Gasteiger partial charge on any atom is -0.473 e.